The van der Waals surface area contributed by atoms with E-state index in [0.717, 1.165) is 47.7 Å². The highest BCUT2D eigenvalue weighted by Crippen LogP contribution is 2.37. The molecule has 220 valence electrons. The lowest BCUT2D eigenvalue weighted by molar-refractivity contribution is -0.132. The van der Waals surface area contributed by atoms with E-state index in [1.54, 1.807) is 24.3 Å². The summed E-state index contributed by atoms with van der Waals surface area (Å²) in [7, 11) is 2.15. The van der Waals surface area contributed by atoms with Crippen molar-refractivity contribution >= 4 is 28.7 Å². The average molecular weight is 572 g/mol. The summed E-state index contributed by atoms with van der Waals surface area (Å²) < 4.78 is 0. The van der Waals surface area contributed by atoms with Crippen LogP contribution in [-0.4, -0.2) is 85.2 Å². The van der Waals surface area contributed by atoms with Crippen LogP contribution in [0.5, 0.6) is 5.75 Å². The molecule has 2 aliphatic heterocycles. The van der Waals surface area contributed by atoms with Crippen molar-refractivity contribution in [3.8, 4) is 5.75 Å². The maximum absolute atomic E-state index is 13.9. The van der Waals surface area contributed by atoms with Crippen molar-refractivity contribution in [3.63, 3.8) is 0 Å². The first kappa shape index (κ1) is 27.7. The minimum Gasteiger partial charge on any atom is -0.508 e. The van der Waals surface area contributed by atoms with Gasteiger partial charge in [-0.05, 0) is 73.7 Å². The number of nitrogens with one attached hydrogen (secondary N) is 5. The Kier molecular flexibility index (Phi) is 8.04. The highest BCUT2D eigenvalue weighted by molar-refractivity contribution is 5.89. The van der Waals surface area contributed by atoms with Crippen LogP contribution in [0.1, 0.15) is 36.8 Å². The minimum atomic E-state index is -0.782. The first-order chi connectivity index (χ1) is 20.4. The lowest BCUT2D eigenvalue weighted by Crippen LogP contribution is -2.54. The van der Waals surface area contributed by atoms with Gasteiger partial charge >= 0.3 is 0 Å². The summed E-state index contributed by atoms with van der Waals surface area (Å²) in [5, 5.41) is 34.2. The summed E-state index contributed by atoms with van der Waals surface area (Å²) in [4.78, 5) is 33.2. The van der Waals surface area contributed by atoms with Crippen LogP contribution in [0.15, 0.2) is 54.7 Å². The van der Waals surface area contributed by atoms with E-state index >= 15 is 0 Å². The van der Waals surface area contributed by atoms with E-state index in [-0.39, 0.29) is 29.5 Å². The normalized spacial score (nSPS) is 21.6. The second-order valence-electron chi connectivity index (χ2n) is 11.5. The second kappa shape index (κ2) is 12.2. The van der Waals surface area contributed by atoms with Crippen molar-refractivity contribution in [1.82, 2.24) is 41.1 Å². The summed E-state index contributed by atoms with van der Waals surface area (Å²) >= 11 is 0. The van der Waals surface area contributed by atoms with E-state index in [0.29, 0.717) is 37.4 Å². The third-order valence-electron chi connectivity index (χ3n) is 8.82. The Balaban J connectivity index is 1.20. The molecule has 0 unspecified atom stereocenters. The number of carbonyl (C=O) groups excluding carboxylic acids is 2. The van der Waals surface area contributed by atoms with Gasteiger partial charge in [0.05, 0.1) is 6.04 Å². The number of aromatic hydroxyl groups is 1. The molecule has 0 radical (unpaired) electrons. The fraction of sp³-hybridized carbons (Fsp3) is 0.433. The number of H-pyrrole nitrogens is 2. The fourth-order valence-electron chi connectivity index (χ4n) is 6.49. The highest BCUT2D eigenvalue weighted by atomic mass is 16.3. The van der Waals surface area contributed by atoms with Gasteiger partial charge in [0.15, 0.2) is 0 Å². The van der Waals surface area contributed by atoms with Crippen LogP contribution < -0.4 is 16.0 Å². The smallest absolute Gasteiger partial charge is 0.263 e. The molecule has 2 saturated heterocycles. The van der Waals surface area contributed by atoms with E-state index in [1.165, 1.54) is 0 Å². The molecule has 2 aliphatic rings. The predicted octanol–water partition coefficient (Wildman–Crippen LogP) is 2.13. The van der Waals surface area contributed by atoms with Gasteiger partial charge in [-0.3, -0.25) is 9.59 Å². The number of piperidine rings is 1. The molecule has 4 aromatic rings. The summed E-state index contributed by atoms with van der Waals surface area (Å²) in [6.45, 7) is 0.350. The molecule has 2 aromatic carbocycles. The van der Waals surface area contributed by atoms with Crippen LogP contribution in [0.25, 0.3) is 10.9 Å². The molecule has 6 N–H and O–H groups in total. The zero-order chi connectivity index (χ0) is 29.1. The van der Waals surface area contributed by atoms with Crippen molar-refractivity contribution < 1.29 is 14.7 Å². The second-order valence-corrected chi connectivity index (χ2v) is 11.5. The number of phenolic OH excluding ortho intramolecular Hbond substituents is 1. The van der Waals surface area contributed by atoms with Gasteiger partial charge < -0.3 is 30.9 Å². The Morgan fingerprint density at radius 2 is 1.81 bits per heavy atom. The number of aromatic amines is 2. The fourth-order valence-corrected chi connectivity index (χ4v) is 6.49. The number of tetrazole rings is 1. The molecule has 0 aliphatic carbocycles. The third-order valence-corrected chi connectivity index (χ3v) is 8.82. The van der Waals surface area contributed by atoms with E-state index in [2.05, 4.69) is 59.6 Å². The first-order valence-electron chi connectivity index (χ1n) is 14.6. The molecule has 2 bridgehead atoms. The van der Waals surface area contributed by atoms with Gasteiger partial charge in [-0.15, -0.1) is 5.10 Å². The van der Waals surface area contributed by atoms with Crippen LogP contribution in [0.4, 0.5) is 5.95 Å². The molecule has 42 heavy (non-hydrogen) atoms. The number of amides is 2. The summed E-state index contributed by atoms with van der Waals surface area (Å²) in [5.41, 5.74) is 2.93. The Bertz CT molecular complexity index is 1490. The molecule has 2 fully saturated rings. The number of rotatable bonds is 11. The topological polar surface area (TPSA) is 164 Å². The maximum Gasteiger partial charge on any atom is 0.263 e. The Morgan fingerprint density at radius 3 is 2.55 bits per heavy atom. The Morgan fingerprint density at radius 1 is 1.05 bits per heavy atom. The number of hydrogen-bond acceptors (Lipinski definition) is 8. The molecule has 0 saturated carbocycles. The number of carbonyl (C=O) groups is 2. The number of aromatic nitrogens is 5. The van der Waals surface area contributed by atoms with Gasteiger partial charge in [-0.1, -0.05) is 35.4 Å². The number of anilines is 1. The highest BCUT2D eigenvalue weighted by Gasteiger charge is 2.41. The SMILES string of the molecule is CN1[C@H]2CC[C@H]1CC(C(=O)N[C@@H](Cc1ccc(O)cc1)C(=O)N[C@H](CNc1nn[nH]n1)Cc1c[nH]c3ccccc13)C2. The third kappa shape index (κ3) is 6.23. The summed E-state index contributed by atoms with van der Waals surface area (Å²) in [6, 6.07) is 14.5. The molecular weight excluding hydrogens is 534 g/mol. The number of nitrogens with zero attached hydrogens (tertiary/aromatic N) is 4. The average Bonchev–Trinajstić information content (AvgIpc) is 3.70. The molecule has 12 heteroatoms. The quantitative estimate of drug-likeness (QED) is 0.159. The van der Waals surface area contributed by atoms with Crippen molar-refractivity contribution in [2.24, 2.45) is 5.92 Å². The van der Waals surface area contributed by atoms with Gasteiger partial charge in [0.1, 0.15) is 11.8 Å². The standard InChI is InChI=1S/C30H37N9O3/c1-39-22-8-9-23(39)15-19(14-22)28(41)34-27(12-18-6-10-24(40)11-7-18)29(42)33-21(17-32-30-35-37-38-36-30)13-20-16-31-26-5-3-2-4-25(20)26/h2-7,10-11,16,19,21-23,27,31,40H,8-9,12-15,17H2,1H3,(H,33,42)(H,34,41)(H2,32,35,36,37,38)/t21-,22-,23-,27-/m0/s1. The lowest BCUT2D eigenvalue weighted by atomic mass is 9.90. The van der Waals surface area contributed by atoms with Crippen LogP contribution in [0.2, 0.25) is 0 Å². The monoisotopic (exact) mass is 571 g/mol. The number of benzene rings is 2. The number of phenols is 1. The molecule has 4 atom stereocenters. The van der Waals surface area contributed by atoms with E-state index in [1.807, 2.05) is 24.4 Å². The number of fused-ring (bicyclic) bond motifs is 3. The molecule has 6 rings (SSSR count). The van der Waals surface area contributed by atoms with Gasteiger partial charge in [0, 0.05) is 48.1 Å². The van der Waals surface area contributed by atoms with Crippen LogP contribution in [0.3, 0.4) is 0 Å². The maximum atomic E-state index is 13.9. The Hall–Kier alpha value is -4.45. The van der Waals surface area contributed by atoms with Crippen molar-refractivity contribution in [2.45, 2.75) is 62.7 Å². The summed E-state index contributed by atoms with van der Waals surface area (Å²) in [5.74, 6) is 0.0239. The van der Waals surface area contributed by atoms with E-state index < -0.39 is 6.04 Å². The first-order valence-corrected chi connectivity index (χ1v) is 14.6. The largest absolute Gasteiger partial charge is 0.508 e. The Labute approximate surface area is 243 Å². The van der Waals surface area contributed by atoms with Gasteiger partial charge in [0.25, 0.3) is 5.95 Å². The van der Waals surface area contributed by atoms with Crippen LogP contribution in [0, 0.1) is 5.92 Å². The predicted molar refractivity (Wildman–Crippen MR) is 158 cm³/mol. The van der Waals surface area contributed by atoms with Gasteiger partial charge in [0.2, 0.25) is 11.8 Å². The van der Waals surface area contributed by atoms with E-state index in [4.69, 9.17) is 0 Å². The molecule has 12 nitrogen and oxygen atoms in total. The van der Waals surface area contributed by atoms with Crippen LogP contribution in [-0.2, 0) is 22.4 Å². The number of para-hydroxylation sites is 1. The molecule has 2 aromatic heterocycles. The van der Waals surface area contributed by atoms with Gasteiger partial charge in [-0.2, -0.15) is 5.21 Å². The minimum absolute atomic E-state index is 0.0722. The van der Waals surface area contributed by atoms with Gasteiger partial charge in [-0.25, -0.2) is 0 Å². The molecule has 4 heterocycles. The van der Waals surface area contributed by atoms with Crippen molar-refractivity contribution in [2.75, 3.05) is 18.9 Å². The lowest BCUT2D eigenvalue weighted by Gasteiger charge is -2.36. The zero-order valence-electron chi connectivity index (χ0n) is 23.6. The molecule has 2 amide bonds. The van der Waals surface area contributed by atoms with E-state index in [9.17, 15) is 14.7 Å². The van der Waals surface area contributed by atoms with Crippen molar-refractivity contribution in [1.29, 1.82) is 0 Å². The number of hydrogen-bond donors (Lipinski definition) is 6. The molecular formula is C30H37N9O3. The van der Waals surface area contributed by atoms with Crippen LogP contribution >= 0.6 is 0 Å². The zero-order valence-corrected chi connectivity index (χ0v) is 23.6. The summed E-state index contributed by atoms with van der Waals surface area (Å²) in [6.07, 6.45) is 6.65. The van der Waals surface area contributed by atoms with Crippen molar-refractivity contribution in [3.05, 3.63) is 65.9 Å². The molecule has 0 spiro atoms.